The van der Waals surface area contributed by atoms with Crippen LogP contribution in [0.3, 0.4) is 0 Å². The monoisotopic (exact) mass is 259 g/mol. The highest BCUT2D eigenvalue weighted by Crippen LogP contribution is 2.16. The smallest absolute Gasteiger partial charge is 0.293 e. The molecule has 5 heteroatoms. The fraction of sp³-hybridized carbons (Fsp3) is 0.462. The van der Waals surface area contributed by atoms with Crippen molar-refractivity contribution < 1.29 is 18.0 Å². The second-order valence-electron chi connectivity index (χ2n) is 4.21. The third-order valence-electron chi connectivity index (χ3n) is 2.56. The topological polar surface area (TPSA) is 20.3 Å². The molecule has 0 aliphatic heterocycles. The van der Waals surface area contributed by atoms with Gasteiger partial charge in [-0.05, 0) is 19.5 Å². The average molecular weight is 259 g/mol. The van der Waals surface area contributed by atoms with Crippen molar-refractivity contribution in [1.82, 2.24) is 4.90 Å². The van der Waals surface area contributed by atoms with Crippen LogP contribution in [0.4, 0.5) is 13.2 Å². The number of ketones is 1. The van der Waals surface area contributed by atoms with E-state index >= 15 is 0 Å². The Hall–Kier alpha value is -1.36. The normalized spacial score (nSPS) is 11.9. The first-order chi connectivity index (χ1) is 8.31. The number of nitrogens with zero attached hydrogens (tertiary/aromatic N) is 1. The molecule has 0 aliphatic carbocycles. The molecule has 0 unspecified atom stereocenters. The van der Waals surface area contributed by atoms with Crippen molar-refractivity contribution in [2.45, 2.75) is 20.0 Å². The summed E-state index contributed by atoms with van der Waals surface area (Å²) in [6.07, 6.45) is -4.27. The van der Waals surface area contributed by atoms with Crippen molar-refractivity contribution in [1.29, 1.82) is 0 Å². The van der Waals surface area contributed by atoms with Gasteiger partial charge in [-0.2, -0.15) is 13.2 Å². The Kier molecular flexibility index (Phi) is 4.90. The minimum absolute atomic E-state index is 0.192. The van der Waals surface area contributed by atoms with Crippen molar-refractivity contribution in [3.63, 3.8) is 0 Å². The Morgan fingerprint density at radius 2 is 2.00 bits per heavy atom. The minimum atomic E-state index is -4.27. The maximum Gasteiger partial charge on any atom is 0.401 e. The van der Waals surface area contributed by atoms with Crippen LogP contribution in [-0.4, -0.2) is 36.5 Å². The number of benzene rings is 1. The van der Waals surface area contributed by atoms with Crippen LogP contribution in [0.5, 0.6) is 0 Å². The zero-order valence-corrected chi connectivity index (χ0v) is 10.4. The molecular formula is C13H16F3NO. The zero-order valence-electron chi connectivity index (χ0n) is 10.4. The van der Waals surface area contributed by atoms with Crippen molar-refractivity contribution in [3.8, 4) is 0 Å². The lowest BCUT2D eigenvalue weighted by atomic mass is 10.1. The first-order valence-corrected chi connectivity index (χ1v) is 5.71. The first-order valence-electron chi connectivity index (χ1n) is 5.71. The Balaban J connectivity index is 2.68. The molecule has 0 atom stereocenters. The number of alkyl halides is 3. The second-order valence-corrected chi connectivity index (χ2v) is 4.21. The number of hydrogen-bond acceptors (Lipinski definition) is 2. The maximum atomic E-state index is 12.3. The van der Waals surface area contributed by atoms with Crippen LogP contribution in [-0.2, 0) is 0 Å². The Morgan fingerprint density at radius 1 is 1.33 bits per heavy atom. The SMILES string of the molecule is CCN(CC(=O)c1cccc(C)c1)CC(F)(F)F. The van der Waals surface area contributed by atoms with Crippen molar-refractivity contribution in [3.05, 3.63) is 35.4 Å². The third-order valence-corrected chi connectivity index (χ3v) is 2.56. The summed E-state index contributed by atoms with van der Waals surface area (Å²) in [4.78, 5) is 12.9. The van der Waals surface area contributed by atoms with Crippen molar-refractivity contribution in [2.75, 3.05) is 19.6 Å². The van der Waals surface area contributed by atoms with Gasteiger partial charge in [0.1, 0.15) is 0 Å². The van der Waals surface area contributed by atoms with E-state index in [2.05, 4.69) is 0 Å². The molecule has 0 bridgehead atoms. The molecular weight excluding hydrogens is 243 g/mol. The standard InChI is InChI=1S/C13H16F3NO/c1-3-17(9-13(14,15)16)8-12(18)11-6-4-5-10(2)7-11/h4-7H,3,8-9H2,1-2H3. The predicted octanol–water partition coefficient (Wildman–Crippen LogP) is 3.06. The summed E-state index contributed by atoms with van der Waals surface area (Å²) >= 11 is 0. The van der Waals surface area contributed by atoms with E-state index in [-0.39, 0.29) is 18.9 Å². The zero-order chi connectivity index (χ0) is 13.8. The molecule has 0 fully saturated rings. The van der Waals surface area contributed by atoms with Gasteiger partial charge in [-0.15, -0.1) is 0 Å². The van der Waals surface area contributed by atoms with E-state index in [0.29, 0.717) is 5.56 Å². The molecule has 0 saturated carbocycles. The number of aryl methyl sites for hydroxylation is 1. The molecule has 2 nitrogen and oxygen atoms in total. The quantitative estimate of drug-likeness (QED) is 0.757. The van der Waals surface area contributed by atoms with Gasteiger partial charge < -0.3 is 0 Å². The summed E-state index contributed by atoms with van der Waals surface area (Å²) in [5, 5.41) is 0. The number of carbonyl (C=O) groups is 1. The number of Topliss-reactive ketones (excluding diaryl/α,β-unsaturated/α-hetero) is 1. The highest BCUT2D eigenvalue weighted by atomic mass is 19.4. The molecule has 100 valence electrons. The number of carbonyl (C=O) groups excluding carboxylic acids is 1. The lowest BCUT2D eigenvalue weighted by molar-refractivity contribution is -0.144. The number of halogens is 3. The summed E-state index contributed by atoms with van der Waals surface area (Å²) in [5.41, 5.74) is 1.37. The highest BCUT2D eigenvalue weighted by Gasteiger charge is 2.30. The predicted molar refractivity (Wildman–Crippen MR) is 63.7 cm³/mol. The molecule has 1 aromatic carbocycles. The van der Waals surface area contributed by atoms with Crippen molar-refractivity contribution in [2.24, 2.45) is 0 Å². The van der Waals surface area contributed by atoms with E-state index in [1.807, 2.05) is 13.0 Å². The van der Waals surface area contributed by atoms with E-state index in [1.165, 1.54) is 0 Å². The summed E-state index contributed by atoms with van der Waals surface area (Å²) in [6.45, 7) is 2.37. The lowest BCUT2D eigenvalue weighted by Gasteiger charge is -2.21. The van der Waals surface area contributed by atoms with E-state index in [1.54, 1.807) is 25.1 Å². The molecule has 1 rings (SSSR count). The van der Waals surface area contributed by atoms with Gasteiger partial charge in [0.15, 0.2) is 5.78 Å². The van der Waals surface area contributed by atoms with E-state index in [4.69, 9.17) is 0 Å². The molecule has 0 saturated heterocycles. The molecule has 0 spiro atoms. The van der Waals surface area contributed by atoms with Crippen LogP contribution < -0.4 is 0 Å². The number of hydrogen-bond donors (Lipinski definition) is 0. The summed E-state index contributed by atoms with van der Waals surface area (Å²) in [7, 11) is 0. The maximum absolute atomic E-state index is 12.3. The molecule has 0 amide bonds. The molecule has 0 N–H and O–H groups in total. The van der Waals surface area contributed by atoms with Crippen LogP contribution in [0.15, 0.2) is 24.3 Å². The van der Waals surface area contributed by atoms with E-state index < -0.39 is 12.7 Å². The van der Waals surface area contributed by atoms with Crippen LogP contribution in [0.2, 0.25) is 0 Å². The molecule has 0 aliphatic rings. The van der Waals surface area contributed by atoms with Crippen molar-refractivity contribution >= 4 is 5.78 Å². The van der Waals surface area contributed by atoms with E-state index in [0.717, 1.165) is 10.5 Å². The molecule has 0 radical (unpaired) electrons. The molecule has 0 heterocycles. The largest absolute Gasteiger partial charge is 0.401 e. The lowest BCUT2D eigenvalue weighted by Crippen LogP contribution is -2.37. The molecule has 18 heavy (non-hydrogen) atoms. The van der Waals surface area contributed by atoms with Gasteiger partial charge in [0.05, 0.1) is 13.1 Å². The van der Waals surface area contributed by atoms with Gasteiger partial charge in [0.2, 0.25) is 0 Å². The fourth-order valence-corrected chi connectivity index (χ4v) is 1.65. The fourth-order valence-electron chi connectivity index (χ4n) is 1.65. The van der Waals surface area contributed by atoms with E-state index in [9.17, 15) is 18.0 Å². The third kappa shape index (κ3) is 4.87. The summed E-state index contributed by atoms with van der Waals surface area (Å²) in [5.74, 6) is -0.287. The van der Waals surface area contributed by atoms with Crippen LogP contribution in [0.25, 0.3) is 0 Å². The second kappa shape index (κ2) is 6.00. The van der Waals surface area contributed by atoms with Gasteiger partial charge in [0.25, 0.3) is 0 Å². The minimum Gasteiger partial charge on any atom is -0.293 e. The average Bonchev–Trinajstić information content (AvgIpc) is 2.26. The summed E-state index contributed by atoms with van der Waals surface area (Å²) in [6, 6.07) is 6.87. The number of rotatable bonds is 5. The number of likely N-dealkylation sites (N-methyl/N-ethyl adjacent to an activating group) is 1. The summed E-state index contributed by atoms with van der Waals surface area (Å²) < 4.78 is 36.8. The van der Waals surface area contributed by atoms with Gasteiger partial charge >= 0.3 is 6.18 Å². The van der Waals surface area contributed by atoms with Crippen LogP contribution >= 0.6 is 0 Å². The van der Waals surface area contributed by atoms with Gasteiger partial charge in [-0.3, -0.25) is 9.69 Å². The Morgan fingerprint density at radius 3 is 2.50 bits per heavy atom. The Bertz CT molecular complexity index is 415. The van der Waals surface area contributed by atoms with Crippen LogP contribution in [0.1, 0.15) is 22.8 Å². The molecule has 0 aromatic heterocycles. The Labute approximate surface area is 104 Å². The first kappa shape index (κ1) is 14.7. The van der Waals surface area contributed by atoms with Crippen LogP contribution in [0, 0.1) is 6.92 Å². The van der Waals surface area contributed by atoms with Gasteiger partial charge in [-0.1, -0.05) is 30.7 Å². The molecule has 1 aromatic rings. The van der Waals surface area contributed by atoms with Gasteiger partial charge in [0, 0.05) is 5.56 Å². The van der Waals surface area contributed by atoms with Gasteiger partial charge in [-0.25, -0.2) is 0 Å². The highest BCUT2D eigenvalue weighted by molar-refractivity contribution is 5.97.